The Morgan fingerprint density at radius 1 is 1.22 bits per heavy atom. The fraction of sp³-hybridized carbons (Fsp3) is 0. The van der Waals surface area contributed by atoms with Gasteiger partial charge in [-0.1, -0.05) is 12.1 Å². The fourth-order valence-corrected chi connectivity index (χ4v) is 2.69. The zero-order valence-electron chi connectivity index (χ0n) is 13.7. The van der Waals surface area contributed by atoms with Crippen molar-refractivity contribution in [2.75, 3.05) is 5.32 Å². The molecule has 0 amide bonds. The molecule has 3 aromatic rings. The normalized spacial score (nSPS) is 13.7. The van der Waals surface area contributed by atoms with E-state index in [0.29, 0.717) is 17.0 Å². The molecule has 2 aromatic heterocycles. The maximum Gasteiger partial charge on any atom is 0.345 e. The van der Waals surface area contributed by atoms with Crippen molar-refractivity contribution in [3.05, 3.63) is 65.3 Å². The van der Waals surface area contributed by atoms with Gasteiger partial charge in [-0.15, -0.1) is 0 Å². The van der Waals surface area contributed by atoms with Crippen LogP contribution in [0.4, 0.5) is 21.8 Å². The summed E-state index contributed by atoms with van der Waals surface area (Å²) in [5.74, 6) is -2.44. The van der Waals surface area contributed by atoms with Gasteiger partial charge in [-0.25, -0.2) is 19.2 Å². The van der Waals surface area contributed by atoms with Crippen molar-refractivity contribution >= 4 is 41.2 Å². The summed E-state index contributed by atoms with van der Waals surface area (Å²) in [6.45, 7) is 0. The Bertz CT molecular complexity index is 1120. The van der Waals surface area contributed by atoms with E-state index in [9.17, 15) is 19.4 Å². The van der Waals surface area contributed by atoms with Gasteiger partial charge in [-0.3, -0.25) is 0 Å². The summed E-state index contributed by atoms with van der Waals surface area (Å²) in [4.78, 5) is 19.8. The molecule has 27 heavy (non-hydrogen) atoms. The molecule has 0 aliphatic carbocycles. The number of furan rings is 1. The highest BCUT2D eigenvalue weighted by Crippen LogP contribution is 2.39. The second-order valence-corrected chi connectivity index (χ2v) is 5.66. The summed E-state index contributed by atoms with van der Waals surface area (Å²) >= 11 is 0. The molecule has 0 spiro atoms. The first-order valence-corrected chi connectivity index (χ1v) is 7.86. The van der Waals surface area contributed by atoms with Crippen LogP contribution in [0.5, 0.6) is 5.75 Å². The predicted octanol–water partition coefficient (Wildman–Crippen LogP) is 4.22. The van der Waals surface area contributed by atoms with Crippen molar-refractivity contribution in [2.24, 2.45) is 4.99 Å². The van der Waals surface area contributed by atoms with Crippen LogP contribution in [0, 0.1) is 5.82 Å². The molecule has 0 bridgehead atoms. The minimum Gasteiger partial charge on any atom is -0.504 e. The number of carboxylic acid groups (broad SMARTS) is 1. The largest absolute Gasteiger partial charge is 0.504 e. The standard InChI is InChI=1S/C19H12FN3O4/c20-12-5-1-2-6-13(12)23-18-15(19(25)26)16(24)14(27-18)8-10-9-22-17-11(10)4-3-7-21-17/h1-9,23-24H,(H,25,26). The lowest BCUT2D eigenvalue weighted by molar-refractivity contribution is 0.0695. The van der Waals surface area contributed by atoms with Gasteiger partial charge < -0.3 is 19.9 Å². The Balaban J connectivity index is 1.78. The van der Waals surface area contributed by atoms with Crippen molar-refractivity contribution in [1.82, 2.24) is 4.98 Å². The van der Waals surface area contributed by atoms with Crippen LogP contribution in [0.2, 0.25) is 0 Å². The molecule has 134 valence electrons. The molecule has 3 heterocycles. The van der Waals surface area contributed by atoms with E-state index in [-0.39, 0.29) is 17.3 Å². The first-order valence-electron chi connectivity index (χ1n) is 7.86. The van der Waals surface area contributed by atoms with Crippen LogP contribution >= 0.6 is 0 Å². The maximum atomic E-state index is 13.9. The summed E-state index contributed by atoms with van der Waals surface area (Å²) in [5, 5.41) is 22.3. The van der Waals surface area contributed by atoms with Gasteiger partial charge in [-0.05, 0) is 30.3 Å². The summed E-state index contributed by atoms with van der Waals surface area (Å²) in [6.07, 6.45) is 4.58. The van der Waals surface area contributed by atoms with E-state index >= 15 is 0 Å². The highest BCUT2D eigenvalue weighted by molar-refractivity contribution is 6.21. The third kappa shape index (κ3) is 2.93. The summed E-state index contributed by atoms with van der Waals surface area (Å²) in [6, 6.07) is 9.24. The van der Waals surface area contributed by atoms with Crippen molar-refractivity contribution in [1.29, 1.82) is 0 Å². The van der Waals surface area contributed by atoms with Gasteiger partial charge in [0.1, 0.15) is 5.82 Å². The molecular weight excluding hydrogens is 353 g/mol. The third-order valence-electron chi connectivity index (χ3n) is 3.96. The number of halogens is 1. The number of rotatable bonds is 4. The highest BCUT2D eigenvalue weighted by atomic mass is 19.1. The van der Waals surface area contributed by atoms with Crippen LogP contribution in [0.25, 0.3) is 11.6 Å². The number of allylic oxidation sites excluding steroid dienone is 1. The number of aromatic nitrogens is 1. The molecule has 0 radical (unpaired) electrons. The quantitative estimate of drug-likeness (QED) is 0.639. The number of nitrogens with one attached hydrogen (secondary N) is 1. The highest BCUT2D eigenvalue weighted by Gasteiger charge is 2.26. The minimum absolute atomic E-state index is 0.0185. The van der Waals surface area contributed by atoms with Crippen molar-refractivity contribution in [3.8, 4) is 5.75 Å². The zero-order chi connectivity index (χ0) is 19.0. The Morgan fingerprint density at radius 2 is 2.04 bits per heavy atom. The molecule has 1 aliphatic heterocycles. The Labute approximate surface area is 152 Å². The van der Waals surface area contributed by atoms with Gasteiger partial charge in [0.2, 0.25) is 5.88 Å². The van der Waals surface area contributed by atoms with Crippen LogP contribution < -0.4 is 5.32 Å². The number of carboxylic acids is 1. The van der Waals surface area contributed by atoms with E-state index in [1.165, 1.54) is 30.5 Å². The molecular formula is C19H12FN3O4. The number of nitrogens with zero attached hydrogens (tertiary/aromatic N) is 2. The average Bonchev–Trinajstić information content (AvgIpc) is 3.19. The number of pyridine rings is 1. The van der Waals surface area contributed by atoms with Gasteiger partial charge in [0, 0.05) is 23.5 Å². The molecule has 0 unspecified atom stereocenters. The van der Waals surface area contributed by atoms with Gasteiger partial charge in [-0.2, -0.15) is 0 Å². The molecule has 3 N–H and O–H groups in total. The number of anilines is 2. The third-order valence-corrected chi connectivity index (χ3v) is 3.96. The van der Waals surface area contributed by atoms with Gasteiger partial charge in [0.15, 0.2) is 22.9 Å². The van der Waals surface area contributed by atoms with Crippen LogP contribution in [0.15, 0.2) is 52.0 Å². The topological polar surface area (TPSA) is 108 Å². The molecule has 0 fully saturated rings. The van der Waals surface area contributed by atoms with E-state index in [2.05, 4.69) is 15.3 Å². The fourth-order valence-electron chi connectivity index (χ4n) is 2.69. The number of benzene rings is 1. The van der Waals surface area contributed by atoms with Crippen molar-refractivity contribution < 1.29 is 23.8 Å². The first kappa shape index (κ1) is 16.5. The lowest BCUT2D eigenvalue weighted by Gasteiger charge is -2.04. The van der Waals surface area contributed by atoms with Gasteiger partial charge >= 0.3 is 5.97 Å². The molecule has 4 rings (SSSR count). The molecule has 0 saturated carbocycles. The number of aromatic carboxylic acids is 1. The first-order chi connectivity index (χ1) is 13.0. The van der Waals surface area contributed by atoms with Crippen molar-refractivity contribution in [3.63, 3.8) is 0 Å². The Morgan fingerprint density at radius 3 is 2.81 bits per heavy atom. The van der Waals surface area contributed by atoms with Crippen LogP contribution in [-0.4, -0.2) is 27.4 Å². The average molecular weight is 365 g/mol. The Kier molecular flexibility index (Phi) is 3.92. The van der Waals surface area contributed by atoms with Gasteiger partial charge in [0.25, 0.3) is 0 Å². The second kappa shape index (κ2) is 6.41. The van der Waals surface area contributed by atoms with E-state index < -0.39 is 23.1 Å². The van der Waals surface area contributed by atoms with E-state index in [1.54, 1.807) is 24.4 Å². The monoisotopic (exact) mass is 365 g/mol. The molecule has 7 nitrogen and oxygen atoms in total. The maximum absolute atomic E-state index is 13.9. The van der Waals surface area contributed by atoms with Gasteiger partial charge in [0.05, 0.1) is 5.69 Å². The summed E-state index contributed by atoms with van der Waals surface area (Å²) < 4.78 is 19.3. The number of hydrogen-bond donors (Lipinski definition) is 3. The number of aromatic hydroxyl groups is 1. The summed E-state index contributed by atoms with van der Waals surface area (Å²) in [5.41, 5.74) is 0.835. The molecule has 0 atom stereocenters. The number of aliphatic imine (C=N–C) groups is 1. The molecule has 0 saturated heterocycles. The van der Waals surface area contributed by atoms with Crippen LogP contribution in [0.1, 0.15) is 21.7 Å². The molecule has 8 heteroatoms. The lowest BCUT2D eigenvalue weighted by atomic mass is 10.1. The lowest BCUT2D eigenvalue weighted by Crippen LogP contribution is -2.01. The van der Waals surface area contributed by atoms with Crippen molar-refractivity contribution in [2.45, 2.75) is 0 Å². The minimum atomic E-state index is -1.41. The zero-order valence-corrected chi connectivity index (χ0v) is 13.7. The molecule has 1 aromatic carbocycles. The number of para-hydroxylation sites is 1. The smallest absolute Gasteiger partial charge is 0.345 e. The second-order valence-electron chi connectivity index (χ2n) is 5.66. The van der Waals surface area contributed by atoms with E-state index in [4.69, 9.17) is 4.42 Å². The van der Waals surface area contributed by atoms with Crippen LogP contribution in [0.3, 0.4) is 0 Å². The number of hydrogen-bond acceptors (Lipinski definition) is 6. The Hall–Kier alpha value is -3.94. The molecule has 1 aliphatic rings. The van der Waals surface area contributed by atoms with E-state index in [1.807, 2.05) is 0 Å². The van der Waals surface area contributed by atoms with E-state index in [0.717, 1.165) is 0 Å². The SMILES string of the molecule is O=C(O)c1c(Nc2ccccc2F)oc(C=C2C=Nc3ncccc32)c1O. The van der Waals surface area contributed by atoms with Crippen LogP contribution in [-0.2, 0) is 0 Å². The number of carbonyl (C=O) groups is 1. The summed E-state index contributed by atoms with van der Waals surface area (Å²) in [7, 11) is 0. The number of fused-ring (bicyclic) bond motifs is 1. The predicted molar refractivity (Wildman–Crippen MR) is 97.3 cm³/mol.